The normalized spacial score (nSPS) is 18.4. The molecule has 1 amide bonds. The number of quaternary nitrogens is 1. The van der Waals surface area contributed by atoms with Gasteiger partial charge in [0.1, 0.15) is 13.2 Å². The first-order valence-corrected chi connectivity index (χ1v) is 23.4. The van der Waals surface area contributed by atoms with Gasteiger partial charge in [-0.1, -0.05) is 147 Å². The largest absolute Gasteiger partial charge is 0.472 e. The summed E-state index contributed by atoms with van der Waals surface area (Å²) in [5.74, 6) is -0.261. The summed E-state index contributed by atoms with van der Waals surface area (Å²) < 4.78 is 29.5. The van der Waals surface area contributed by atoms with Crippen LogP contribution in [0.2, 0.25) is 0 Å². The van der Waals surface area contributed by atoms with Gasteiger partial charge in [-0.3, -0.25) is 18.6 Å². The van der Waals surface area contributed by atoms with E-state index in [9.17, 15) is 24.2 Å². The molecule has 0 heterocycles. The number of nitrogens with zero attached hydrogens (tertiary/aromatic N) is 1. The summed E-state index contributed by atoms with van der Waals surface area (Å²) in [5.41, 5.74) is 0. The zero-order valence-electron chi connectivity index (χ0n) is 35.6. The van der Waals surface area contributed by atoms with Crippen molar-refractivity contribution < 1.29 is 42.4 Å². The molecule has 0 fully saturated rings. The Labute approximate surface area is 336 Å². The molecule has 0 aromatic heterocycles. The van der Waals surface area contributed by atoms with E-state index < -0.39 is 20.0 Å². The molecule has 0 radical (unpaired) electrons. The van der Waals surface area contributed by atoms with Crippen LogP contribution in [0.1, 0.15) is 155 Å². The topological polar surface area (TPSA) is 131 Å². The van der Waals surface area contributed by atoms with Crippen LogP contribution in [0.5, 0.6) is 0 Å². The number of ketones is 1. The lowest BCUT2D eigenvalue weighted by atomic mass is 9.90. The molecule has 0 bridgehead atoms. The van der Waals surface area contributed by atoms with Gasteiger partial charge in [0.15, 0.2) is 5.78 Å². The fraction of sp³-hybridized carbons (Fsp3) is 0.818. The average Bonchev–Trinajstić information content (AvgIpc) is 3.48. The maximum atomic E-state index is 12.9. The monoisotopic (exact) mass is 798 g/mol. The summed E-state index contributed by atoms with van der Waals surface area (Å²) in [5, 5.41) is 13.2. The van der Waals surface area contributed by atoms with E-state index in [1.807, 2.05) is 51.5 Å². The van der Waals surface area contributed by atoms with Crippen LogP contribution in [0.4, 0.5) is 0 Å². The van der Waals surface area contributed by atoms with Crippen LogP contribution in [0, 0.1) is 11.8 Å². The molecule has 0 aliphatic heterocycles. The molecule has 10 nitrogen and oxygen atoms in total. The van der Waals surface area contributed by atoms with Gasteiger partial charge in [-0.15, -0.1) is 0 Å². The third-order valence-corrected chi connectivity index (χ3v) is 11.1. The van der Waals surface area contributed by atoms with Gasteiger partial charge in [-0.25, -0.2) is 4.57 Å². The summed E-state index contributed by atoms with van der Waals surface area (Å²) in [7, 11) is 1.61. The van der Waals surface area contributed by atoms with Crippen molar-refractivity contribution in [3.8, 4) is 0 Å². The minimum atomic E-state index is -4.29. The lowest BCUT2D eigenvalue weighted by Gasteiger charge is -2.24. The smallest absolute Gasteiger partial charge is 0.389 e. The van der Waals surface area contributed by atoms with Crippen molar-refractivity contribution >= 4 is 19.5 Å². The predicted molar refractivity (Wildman–Crippen MR) is 226 cm³/mol. The number of likely N-dealkylation sites (N-methyl/N-ethyl adjacent to an activating group) is 1. The molecule has 320 valence electrons. The Morgan fingerprint density at radius 2 is 1.44 bits per heavy atom. The van der Waals surface area contributed by atoms with Crippen molar-refractivity contribution in [2.24, 2.45) is 11.8 Å². The van der Waals surface area contributed by atoms with E-state index in [-0.39, 0.29) is 49.8 Å². The number of nitrogens with one attached hydrogen (secondary N) is 1. The van der Waals surface area contributed by atoms with Gasteiger partial charge < -0.3 is 24.5 Å². The number of allylic oxidation sites excluding steroid dienone is 5. The van der Waals surface area contributed by atoms with Gasteiger partial charge in [-0.2, -0.15) is 0 Å². The van der Waals surface area contributed by atoms with Crippen LogP contribution < -0.4 is 5.32 Å². The summed E-state index contributed by atoms with van der Waals surface area (Å²) in [6, 6.07) is -0.590. The molecule has 0 aromatic carbocycles. The van der Waals surface area contributed by atoms with E-state index in [1.54, 1.807) is 6.08 Å². The molecule has 0 saturated carbocycles. The Bertz CT molecular complexity index is 1120. The molecule has 55 heavy (non-hydrogen) atoms. The van der Waals surface area contributed by atoms with E-state index in [0.29, 0.717) is 36.9 Å². The number of amides is 1. The number of carbonyl (C=O) groups excluding carboxylic acids is 2. The third-order valence-electron chi connectivity index (χ3n) is 10.1. The number of hydrogen-bond acceptors (Lipinski definition) is 7. The Morgan fingerprint density at radius 1 is 0.836 bits per heavy atom. The highest BCUT2D eigenvalue weighted by Crippen LogP contribution is 2.43. The maximum Gasteiger partial charge on any atom is 0.472 e. The Hall–Kier alpha value is -1.65. The second kappa shape index (κ2) is 32.3. The minimum Gasteiger partial charge on any atom is -0.389 e. The second-order valence-electron chi connectivity index (χ2n) is 16.5. The zero-order valence-corrected chi connectivity index (χ0v) is 36.5. The molecule has 5 atom stereocenters. The van der Waals surface area contributed by atoms with Crippen molar-refractivity contribution in [1.82, 2.24) is 5.32 Å². The van der Waals surface area contributed by atoms with E-state index in [4.69, 9.17) is 13.8 Å². The van der Waals surface area contributed by atoms with Gasteiger partial charge in [-0.05, 0) is 38.2 Å². The summed E-state index contributed by atoms with van der Waals surface area (Å²) >= 11 is 0. The maximum absolute atomic E-state index is 12.9. The Morgan fingerprint density at radius 3 is 2.05 bits per heavy atom. The number of aliphatic hydroxyl groups excluding tert-OH is 1. The van der Waals surface area contributed by atoms with Crippen LogP contribution in [-0.2, 0) is 27.9 Å². The van der Waals surface area contributed by atoms with Gasteiger partial charge >= 0.3 is 7.82 Å². The molecule has 1 aliphatic carbocycles. The predicted octanol–water partition coefficient (Wildman–Crippen LogP) is 9.79. The molecular formula is C44H82N2O8P+. The van der Waals surface area contributed by atoms with E-state index in [2.05, 4.69) is 19.2 Å². The van der Waals surface area contributed by atoms with Crippen LogP contribution in [0.3, 0.4) is 0 Å². The highest BCUT2D eigenvalue weighted by atomic mass is 31.2. The standard InChI is InChI=1S/C44H81N2O8P/c1-6-8-10-11-12-13-14-15-16-17-18-19-22-26-35-52-37-40(38-54-55(50,51)53-36-34-46(3,4)5)45-44(49)29-25-21-20-24-28-42-39(31-33-43(42)48)30-32-41(47)27-23-9-7-2/h20,24,30-33,39-42,47H,6-19,21-23,25-29,34-38H2,1-5H3,(H-,45,49,50,51)/p+1/b24-20-,32-30+/t39-,40?,41-,42+/m0/s1. The number of rotatable bonds is 37. The van der Waals surface area contributed by atoms with Gasteiger partial charge in [0.25, 0.3) is 0 Å². The minimum absolute atomic E-state index is 0.0169. The third kappa shape index (κ3) is 30.1. The summed E-state index contributed by atoms with van der Waals surface area (Å²) in [4.78, 5) is 35.6. The molecule has 0 saturated heterocycles. The second-order valence-corrected chi connectivity index (χ2v) is 18.0. The molecule has 0 spiro atoms. The molecule has 3 N–H and O–H groups in total. The van der Waals surface area contributed by atoms with Crippen LogP contribution >= 0.6 is 7.82 Å². The van der Waals surface area contributed by atoms with Gasteiger partial charge in [0.2, 0.25) is 5.91 Å². The first-order chi connectivity index (χ1) is 26.4. The SMILES string of the molecule is CCCCCCCCCCCCCCCCOCC(COP(=O)(O)OCC[N+](C)(C)C)NC(=O)CCC/C=C\C[C@H]1C(=O)C=C[C@@H]1/C=C/[C@@H](O)CCCCC. The molecule has 0 aromatic rings. The number of aliphatic hydroxyl groups is 1. The molecule has 1 rings (SSSR count). The van der Waals surface area contributed by atoms with E-state index in [1.165, 1.54) is 77.0 Å². The van der Waals surface area contributed by atoms with Crippen molar-refractivity contribution in [3.63, 3.8) is 0 Å². The Kier molecular flexibility index (Phi) is 30.2. The Balaban J connectivity index is 2.43. The van der Waals surface area contributed by atoms with Crippen molar-refractivity contribution in [2.45, 2.75) is 167 Å². The van der Waals surface area contributed by atoms with E-state index >= 15 is 0 Å². The lowest BCUT2D eigenvalue weighted by Crippen LogP contribution is -2.41. The number of hydrogen-bond donors (Lipinski definition) is 3. The number of ether oxygens (including phenoxy) is 1. The summed E-state index contributed by atoms with van der Waals surface area (Å²) in [6.07, 6.45) is 35.0. The molecule has 2 unspecified atom stereocenters. The fourth-order valence-corrected chi connectivity index (χ4v) is 7.28. The van der Waals surface area contributed by atoms with E-state index in [0.717, 1.165) is 38.5 Å². The van der Waals surface area contributed by atoms with Gasteiger partial charge in [0.05, 0.1) is 46.5 Å². The number of phosphoric ester groups is 1. The first-order valence-electron chi connectivity index (χ1n) is 21.9. The van der Waals surface area contributed by atoms with Crippen molar-refractivity contribution in [2.75, 3.05) is 54.1 Å². The lowest BCUT2D eigenvalue weighted by molar-refractivity contribution is -0.870. The molecule has 11 heteroatoms. The van der Waals surface area contributed by atoms with Crippen LogP contribution in [-0.4, -0.2) is 92.4 Å². The molecule has 1 aliphatic rings. The van der Waals surface area contributed by atoms with Crippen LogP contribution in [0.15, 0.2) is 36.5 Å². The number of phosphoric acid groups is 1. The number of unbranched alkanes of at least 4 members (excludes halogenated alkanes) is 16. The number of carbonyl (C=O) groups is 2. The van der Waals surface area contributed by atoms with Gasteiger partial charge in [0, 0.05) is 24.9 Å². The quantitative estimate of drug-likeness (QED) is 0.0245. The molecular weight excluding hydrogens is 715 g/mol. The van der Waals surface area contributed by atoms with Crippen molar-refractivity contribution in [3.05, 3.63) is 36.5 Å². The zero-order chi connectivity index (χ0) is 40.6. The van der Waals surface area contributed by atoms with Crippen molar-refractivity contribution in [1.29, 1.82) is 0 Å². The summed E-state index contributed by atoms with van der Waals surface area (Å²) in [6.45, 7) is 5.55. The fourth-order valence-electron chi connectivity index (χ4n) is 6.53. The highest BCUT2D eigenvalue weighted by Gasteiger charge is 2.27. The average molecular weight is 798 g/mol. The highest BCUT2D eigenvalue weighted by molar-refractivity contribution is 7.47. The first kappa shape index (κ1) is 51.4. The van der Waals surface area contributed by atoms with Crippen LogP contribution in [0.25, 0.3) is 0 Å².